The predicted octanol–water partition coefficient (Wildman–Crippen LogP) is 5.45. The fraction of sp³-hybridized carbons (Fsp3) is 0. The minimum atomic E-state index is 1.13. The lowest BCUT2D eigenvalue weighted by Crippen LogP contribution is -2.17. The Bertz CT molecular complexity index is 1060. The van der Waals surface area contributed by atoms with Crippen molar-refractivity contribution in [2.24, 2.45) is 0 Å². The summed E-state index contributed by atoms with van der Waals surface area (Å²) in [4.78, 5) is 4.01. The molecule has 0 atom stereocenters. The molecule has 0 aliphatic carbocycles. The standard InChI is InChI=1S/C9H7N.C8H6N2.C8H8N2/c1-2-4-9-7-10-6-5-8(9)3-1;1-2-4-8-6-10-9-5-7(8)3-1;1-2-4-8-7(3-1)5-6-9-10-8/h1-7H;1-6H;1-6,9-10H. The number of rotatable bonds is 0. The van der Waals surface area contributed by atoms with Gasteiger partial charge in [0.15, 0.2) is 0 Å². The lowest BCUT2D eigenvalue weighted by atomic mass is 10.1. The zero-order chi connectivity index (χ0) is 20.4. The zero-order valence-corrected chi connectivity index (χ0v) is 16.3. The molecule has 1 aliphatic heterocycles. The monoisotopic (exact) mass is 391 g/mol. The van der Waals surface area contributed by atoms with Crippen LogP contribution in [0.5, 0.6) is 0 Å². The first-order valence-corrected chi connectivity index (χ1v) is 9.61. The summed E-state index contributed by atoms with van der Waals surface area (Å²) in [6.07, 6.45) is 11.1. The van der Waals surface area contributed by atoms with Crippen LogP contribution in [0.1, 0.15) is 5.56 Å². The molecule has 0 spiro atoms. The number of nitrogens with one attached hydrogen (secondary N) is 2. The van der Waals surface area contributed by atoms with Gasteiger partial charge in [-0.15, -0.1) is 0 Å². The van der Waals surface area contributed by atoms with Crippen LogP contribution in [0, 0.1) is 0 Å². The molecule has 3 aromatic carbocycles. The largest absolute Gasteiger partial charge is 0.308 e. The molecule has 3 heterocycles. The van der Waals surface area contributed by atoms with Crippen molar-refractivity contribution >= 4 is 33.3 Å². The van der Waals surface area contributed by atoms with Crippen molar-refractivity contribution in [2.45, 2.75) is 0 Å². The van der Waals surface area contributed by atoms with Gasteiger partial charge in [-0.1, -0.05) is 66.7 Å². The number of anilines is 1. The molecule has 30 heavy (non-hydrogen) atoms. The summed E-state index contributed by atoms with van der Waals surface area (Å²) in [6.45, 7) is 0. The van der Waals surface area contributed by atoms with E-state index in [1.54, 1.807) is 12.4 Å². The number of fused-ring (bicyclic) bond motifs is 3. The third-order valence-corrected chi connectivity index (χ3v) is 4.52. The van der Waals surface area contributed by atoms with Crippen LogP contribution in [0.3, 0.4) is 0 Å². The van der Waals surface area contributed by atoms with Gasteiger partial charge in [-0.25, -0.2) is 0 Å². The van der Waals surface area contributed by atoms with E-state index in [2.05, 4.69) is 44.2 Å². The molecule has 2 N–H and O–H groups in total. The van der Waals surface area contributed by atoms with Gasteiger partial charge >= 0.3 is 0 Å². The summed E-state index contributed by atoms with van der Waals surface area (Å²) in [5, 5.41) is 12.2. The molecule has 0 fully saturated rings. The van der Waals surface area contributed by atoms with E-state index in [-0.39, 0.29) is 0 Å². The minimum Gasteiger partial charge on any atom is -0.308 e. The molecule has 0 bridgehead atoms. The number of hydrazine groups is 1. The Labute approximate surface area is 175 Å². The second-order valence-electron chi connectivity index (χ2n) is 6.53. The van der Waals surface area contributed by atoms with Crippen molar-refractivity contribution < 1.29 is 0 Å². The van der Waals surface area contributed by atoms with Crippen LogP contribution in [-0.4, -0.2) is 15.2 Å². The van der Waals surface area contributed by atoms with Gasteiger partial charge in [0.1, 0.15) is 0 Å². The van der Waals surface area contributed by atoms with Crippen molar-refractivity contribution in [3.05, 3.63) is 115 Å². The average Bonchev–Trinajstić information content (AvgIpc) is 2.85. The van der Waals surface area contributed by atoms with Gasteiger partial charge in [0, 0.05) is 34.9 Å². The summed E-state index contributed by atoms with van der Waals surface area (Å²) in [5.74, 6) is 0. The maximum absolute atomic E-state index is 4.01. The van der Waals surface area contributed by atoms with Gasteiger partial charge in [0.25, 0.3) is 0 Å². The van der Waals surface area contributed by atoms with Crippen LogP contribution in [0.4, 0.5) is 5.69 Å². The van der Waals surface area contributed by atoms with E-state index in [1.807, 2.05) is 85.3 Å². The predicted molar refractivity (Wildman–Crippen MR) is 124 cm³/mol. The highest BCUT2D eigenvalue weighted by Gasteiger charge is 1.98. The Balaban J connectivity index is 0.000000109. The van der Waals surface area contributed by atoms with Crippen LogP contribution in [-0.2, 0) is 0 Å². The van der Waals surface area contributed by atoms with E-state index in [0.717, 1.165) is 16.5 Å². The molecule has 5 nitrogen and oxygen atoms in total. The third-order valence-electron chi connectivity index (χ3n) is 4.52. The van der Waals surface area contributed by atoms with Crippen LogP contribution in [0.15, 0.2) is 110 Å². The summed E-state index contributed by atoms with van der Waals surface area (Å²) >= 11 is 0. The van der Waals surface area contributed by atoms with Crippen LogP contribution in [0.2, 0.25) is 0 Å². The topological polar surface area (TPSA) is 62.7 Å². The maximum atomic E-state index is 4.01. The molecule has 0 saturated heterocycles. The van der Waals surface area contributed by atoms with E-state index in [9.17, 15) is 0 Å². The number of aromatic nitrogens is 3. The van der Waals surface area contributed by atoms with E-state index >= 15 is 0 Å². The van der Waals surface area contributed by atoms with Gasteiger partial charge in [-0.3, -0.25) is 4.98 Å². The van der Waals surface area contributed by atoms with Gasteiger partial charge in [-0.05, 0) is 29.0 Å². The minimum absolute atomic E-state index is 1.13. The van der Waals surface area contributed by atoms with Crippen molar-refractivity contribution in [1.82, 2.24) is 20.6 Å². The fourth-order valence-electron chi connectivity index (χ4n) is 2.97. The summed E-state index contributed by atoms with van der Waals surface area (Å²) in [6, 6.07) is 26.3. The smallest absolute Gasteiger partial charge is 0.0612 e. The third kappa shape index (κ3) is 4.97. The normalized spacial score (nSPS) is 11.1. The number of hydrogen-bond acceptors (Lipinski definition) is 5. The number of para-hydroxylation sites is 1. The van der Waals surface area contributed by atoms with Crippen LogP contribution >= 0.6 is 0 Å². The van der Waals surface area contributed by atoms with E-state index in [0.29, 0.717) is 0 Å². The molecule has 2 aromatic heterocycles. The lowest BCUT2D eigenvalue weighted by molar-refractivity contribution is 1.05. The number of hydrogen-bond donors (Lipinski definition) is 2. The van der Waals surface area contributed by atoms with Gasteiger partial charge < -0.3 is 10.9 Å². The Morgan fingerprint density at radius 1 is 0.567 bits per heavy atom. The van der Waals surface area contributed by atoms with Gasteiger partial charge in [0.2, 0.25) is 0 Å². The first kappa shape index (κ1) is 19.1. The highest BCUT2D eigenvalue weighted by atomic mass is 15.3. The zero-order valence-electron chi connectivity index (χ0n) is 16.3. The molecular formula is C25H21N5. The SMILES string of the molecule is C1=Cc2ccccc2NN1.c1ccc2cnccc2c1.c1ccc2cnncc2c1. The molecule has 0 unspecified atom stereocenters. The van der Waals surface area contributed by atoms with E-state index in [4.69, 9.17) is 0 Å². The molecule has 0 saturated carbocycles. The Morgan fingerprint density at radius 3 is 1.83 bits per heavy atom. The summed E-state index contributed by atoms with van der Waals surface area (Å²) in [7, 11) is 0. The van der Waals surface area contributed by atoms with Crippen molar-refractivity contribution in [1.29, 1.82) is 0 Å². The molecule has 5 aromatic rings. The number of pyridine rings is 1. The molecule has 1 aliphatic rings. The number of nitrogens with zero attached hydrogens (tertiary/aromatic N) is 3. The molecular weight excluding hydrogens is 370 g/mol. The summed E-state index contributed by atoms with van der Waals surface area (Å²) < 4.78 is 0. The second-order valence-corrected chi connectivity index (χ2v) is 6.53. The average molecular weight is 391 g/mol. The molecule has 0 amide bonds. The molecule has 146 valence electrons. The van der Waals surface area contributed by atoms with Crippen molar-refractivity contribution in [2.75, 3.05) is 5.43 Å². The first-order chi connectivity index (χ1) is 14.9. The van der Waals surface area contributed by atoms with Crippen molar-refractivity contribution in [3.8, 4) is 0 Å². The van der Waals surface area contributed by atoms with Crippen molar-refractivity contribution in [3.63, 3.8) is 0 Å². The quantitative estimate of drug-likeness (QED) is 0.367. The lowest BCUT2D eigenvalue weighted by Gasteiger charge is -2.12. The van der Waals surface area contributed by atoms with E-state index in [1.165, 1.54) is 16.3 Å². The molecule has 5 heteroatoms. The second kappa shape index (κ2) is 9.80. The number of benzene rings is 3. The summed E-state index contributed by atoms with van der Waals surface area (Å²) in [5.41, 5.74) is 8.29. The maximum Gasteiger partial charge on any atom is 0.0612 e. The Hall–Kier alpha value is -4.25. The Morgan fingerprint density at radius 2 is 1.17 bits per heavy atom. The first-order valence-electron chi connectivity index (χ1n) is 9.61. The van der Waals surface area contributed by atoms with Crippen LogP contribution < -0.4 is 10.9 Å². The van der Waals surface area contributed by atoms with E-state index < -0.39 is 0 Å². The van der Waals surface area contributed by atoms with Gasteiger partial charge in [0.05, 0.1) is 18.1 Å². The highest BCUT2D eigenvalue weighted by molar-refractivity contribution is 5.81. The van der Waals surface area contributed by atoms with Gasteiger partial charge in [-0.2, -0.15) is 10.2 Å². The Kier molecular flexibility index (Phi) is 6.23. The molecule has 0 radical (unpaired) electrons. The van der Waals surface area contributed by atoms with Crippen LogP contribution in [0.25, 0.3) is 27.6 Å². The fourth-order valence-corrected chi connectivity index (χ4v) is 2.97. The molecule has 6 rings (SSSR count). The highest BCUT2D eigenvalue weighted by Crippen LogP contribution is 2.17.